The highest BCUT2D eigenvalue weighted by atomic mass is 16.5. The molecule has 1 saturated heterocycles. The number of urea groups is 1. The Hall–Kier alpha value is -3.72. The van der Waals surface area contributed by atoms with E-state index in [1.807, 2.05) is 36.4 Å². The molecule has 2 N–H and O–H groups in total. The van der Waals surface area contributed by atoms with E-state index in [-0.39, 0.29) is 12.6 Å². The number of nitrogens with zero attached hydrogens (tertiary/aromatic N) is 2. The molecular formula is C26H32N4O5. The average molecular weight is 481 g/mol. The van der Waals surface area contributed by atoms with E-state index < -0.39 is 12.0 Å². The first-order valence-electron chi connectivity index (χ1n) is 11.7. The number of anilines is 1. The summed E-state index contributed by atoms with van der Waals surface area (Å²) in [6.07, 6.45) is 0. The molecule has 0 bridgehead atoms. The topological polar surface area (TPSA) is 92.4 Å². The molecule has 2 heterocycles. The first kappa shape index (κ1) is 24.4. The van der Waals surface area contributed by atoms with Crippen LogP contribution in [0.4, 0.5) is 10.5 Å². The summed E-state index contributed by atoms with van der Waals surface area (Å²) in [5.74, 6) is 1.03. The van der Waals surface area contributed by atoms with Crippen LogP contribution in [0.2, 0.25) is 0 Å². The second kappa shape index (κ2) is 11.1. The van der Waals surface area contributed by atoms with Crippen LogP contribution >= 0.6 is 0 Å². The van der Waals surface area contributed by atoms with E-state index in [0.717, 1.165) is 43.2 Å². The van der Waals surface area contributed by atoms with Crippen molar-refractivity contribution >= 4 is 17.7 Å². The Kier molecular flexibility index (Phi) is 7.77. The van der Waals surface area contributed by atoms with Crippen molar-refractivity contribution in [3.05, 3.63) is 65.4 Å². The smallest absolute Gasteiger partial charge is 0.338 e. The van der Waals surface area contributed by atoms with Gasteiger partial charge in [-0.1, -0.05) is 12.1 Å². The van der Waals surface area contributed by atoms with Gasteiger partial charge in [0.05, 0.1) is 32.4 Å². The Bertz CT molecular complexity index is 1080. The van der Waals surface area contributed by atoms with Gasteiger partial charge in [-0.2, -0.15) is 0 Å². The molecule has 2 aliphatic rings. The van der Waals surface area contributed by atoms with Crippen molar-refractivity contribution in [2.24, 2.45) is 0 Å². The third kappa shape index (κ3) is 5.68. The third-order valence-electron chi connectivity index (χ3n) is 6.27. The van der Waals surface area contributed by atoms with Crippen LogP contribution in [0, 0.1) is 0 Å². The van der Waals surface area contributed by atoms with E-state index >= 15 is 0 Å². The third-order valence-corrected chi connectivity index (χ3v) is 6.27. The van der Waals surface area contributed by atoms with Crippen LogP contribution in [-0.4, -0.2) is 70.5 Å². The zero-order valence-corrected chi connectivity index (χ0v) is 20.4. The van der Waals surface area contributed by atoms with E-state index in [2.05, 4.69) is 32.6 Å². The normalized spacial score (nSPS) is 18.5. The molecule has 0 spiro atoms. The fourth-order valence-electron chi connectivity index (χ4n) is 4.44. The van der Waals surface area contributed by atoms with Gasteiger partial charge in [0.2, 0.25) is 0 Å². The lowest BCUT2D eigenvalue weighted by Crippen LogP contribution is -2.51. The van der Waals surface area contributed by atoms with Gasteiger partial charge < -0.3 is 29.7 Å². The van der Waals surface area contributed by atoms with Gasteiger partial charge in [-0.25, -0.2) is 9.59 Å². The lowest BCUT2D eigenvalue weighted by atomic mass is 9.94. The van der Waals surface area contributed by atoms with E-state index in [1.165, 1.54) is 0 Å². The minimum absolute atomic E-state index is 0.245. The molecule has 35 heavy (non-hydrogen) atoms. The van der Waals surface area contributed by atoms with E-state index in [9.17, 15) is 9.59 Å². The summed E-state index contributed by atoms with van der Waals surface area (Å²) in [7, 11) is 3.24. The lowest BCUT2D eigenvalue weighted by molar-refractivity contribution is -0.139. The number of benzene rings is 2. The number of carbonyl (C=O) groups is 2. The second-order valence-corrected chi connectivity index (χ2v) is 8.38. The van der Waals surface area contributed by atoms with Crippen molar-refractivity contribution in [3.63, 3.8) is 0 Å². The molecule has 1 unspecified atom stereocenters. The highest BCUT2D eigenvalue weighted by Gasteiger charge is 2.35. The summed E-state index contributed by atoms with van der Waals surface area (Å²) in [6.45, 7) is 5.70. The molecular weight excluding hydrogens is 448 g/mol. The van der Waals surface area contributed by atoms with E-state index in [0.29, 0.717) is 23.6 Å². The van der Waals surface area contributed by atoms with Gasteiger partial charge in [-0.05, 0) is 48.9 Å². The Labute approximate surface area is 205 Å². The lowest BCUT2D eigenvalue weighted by Gasteiger charge is -2.38. The summed E-state index contributed by atoms with van der Waals surface area (Å²) in [4.78, 5) is 30.2. The standard InChI is InChI=1S/C26H32N4O5/c1-4-35-25(31)23-22(27-26(32)28-24(23)18-6-5-7-21(16-18)34-3)17-29-12-14-30(15-13-29)19-8-10-20(33-2)11-9-19/h5-11,16,24H,4,12-15,17H2,1-3H3,(H2,27,28,32). The van der Waals surface area contributed by atoms with Crippen molar-refractivity contribution in [2.75, 3.05) is 58.5 Å². The maximum Gasteiger partial charge on any atom is 0.338 e. The second-order valence-electron chi connectivity index (χ2n) is 8.38. The maximum atomic E-state index is 13.0. The molecule has 2 aliphatic heterocycles. The molecule has 0 aliphatic carbocycles. The number of piperazine rings is 1. The zero-order chi connectivity index (χ0) is 24.8. The predicted molar refractivity (Wildman–Crippen MR) is 133 cm³/mol. The number of hydrogen-bond acceptors (Lipinski definition) is 7. The summed E-state index contributed by atoms with van der Waals surface area (Å²) < 4.78 is 16.0. The molecule has 4 rings (SSSR count). The van der Waals surface area contributed by atoms with Crippen LogP contribution in [0.1, 0.15) is 18.5 Å². The summed E-state index contributed by atoms with van der Waals surface area (Å²) in [6, 6.07) is 14.4. The molecule has 0 saturated carbocycles. The molecule has 2 aromatic rings. The minimum Gasteiger partial charge on any atom is -0.497 e. The summed E-state index contributed by atoms with van der Waals surface area (Å²) in [5, 5.41) is 5.74. The molecule has 1 atom stereocenters. The van der Waals surface area contributed by atoms with Crippen LogP contribution in [0.3, 0.4) is 0 Å². The van der Waals surface area contributed by atoms with Crippen LogP contribution in [0.5, 0.6) is 11.5 Å². The average Bonchev–Trinajstić information content (AvgIpc) is 2.89. The molecule has 2 aromatic carbocycles. The first-order chi connectivity index (χ1) is 17.0. The number of rotatable bonds is 8. The number of hydrogen-bond donors (Lipinski definition) is 2. The number of esters is 1. The first-order valence-corrected chi connectivity index (χ1v) is 11.7. The Balaban J connectivity index is 1.54. The van der Waals surface area contributed by atoms with Crippen molar-refractivity contribution in [1.29, 1.82) is 0 Å². The molecule has 2 amide bonds. The zero-order valence-electron chi connectivity index (χ0n) is 20.4. The molecule has 186 valence electrons. The van der Waals surface area contributed by atoms with Gasteiger partial charge in [0.1, 0.15) is 11.5 Å². The highest BCUT2D eigenvalue weighted by molar-refractivity contribution is 5.95. The van der Waals surface area contributed by atoms with Gasteiger partial charge in [0, 0.05) is 44.1 Å². The molecule has 0 radical (unpaired) electrons. The number of ether oxygens (including phenoxy) is 3. The number of amides is 2. The molecule has 1 fully saturated rings. The van der Waals surface area contributed by atoms with Crippen LogP contribution in [-0.2, 0) is 9.53 Å². The van der Waals surface area contributed by atoms with E-state index in [4.69, 9.17) is 14.2 Å². The largest absolute Gasteiger partial charge is 0.497 e. The van der Waals surface area contributed by atoms with Crippen LogP contribution < -0.4 is 25.0 Å². The van der Waals surface area contributed by atoms with Crippen molar-refractivity contribution in [2.45, 2.75) is 13.0 Å². The van der Waals surface area contributed by atoms with Gasteiger partial charge in [0.15, 0.2) is 0 Å². The maximum absolute atomic E-state index is 13.0. The molecule has 0 aromatic heterocycles. The SMILES string of the molecule is CCOC(=O)C1=C(CN2CCN(c3ccc(OC)cc3)CC2)NC(=O)NC1c1cccc(OC)c1. The Morgan fingerprint density at radius 2 is 1.71 bits per heavy atom. The summed E-state index contributed by atoms with van der Waals surface area (Å²) >= 11 is 0. The molecule has 9 nitrogen and oxygen atoms in total. The highest BCUT2D eigenvalue weighted by Crippen LogP contribution is 2.30. The van der Waals surface area contributed by atoms with Crippen LogP contribution in [0.25, 0.3) is 0 Å². The van der Waals surface area contributed by atoms with Gasteiger partial charge >= 0.3 is 12.0 Å². The van der Waals surface area contributed by atoms with Gasteiger partial charge in [-0.3, -0.25) is 4.90 Å². The Morgan fingerprint density at radius 3 is 2.37 bits per heavy atom. The fourth-order valence-corrected chi connectivity index (χ4v) is 4.44. The van der Waals surface area contributed by atoms with Crippen molar-refractivity contribution in [1.82, 2.24) is 15.5 Å². The van der Waals surface area contributed by atoms with Gasteiger partial charge in [0.25, 0.3) is 0 Å². The van der Waals surface area contributed by atoms with Crippen molar-refractivity contribution < 1.29 is 23.8 Å². The van der Waals surface area contributed by atoms with Gasteiger partial charge in [-0.15, -0.1) is 0 Å². The van der Waals surface area contributed by atoms with Crippen LogP contribution in [0.15, 0.2) is 59.8 Å². The predicted octanol–water partition coefficient (Wildman–Crippen LogP) is 2.70. The molecule has 9 heteroatoms. The Morgan fingerprint density at radius 1 is 1.00 bits per heavy atom. The summed E-state index contributed by atoms with van der Waals surface area (Å²) in [5.41, 5.74) is 2.88. The number of methoxy groups -OCH3 is 2. The monoisotopic (exact) mass is 480 g/mol. The van der Waals surface area contributed by atoms with Crippen molar-refractivity contribution in [3.8, 4) is 11.5 Å². The van der Waals surface area contributed by atoms with E-state index in [1.54, 1.807) is 21.1 Å². The number of nitrogens with one attached hydrogen (secondary N) is 2. The number of carbonyl (C=O) groups excluding carboxylic acids is 2. The quantitative estimate of drug-likeness (QED) is 0.562. The fraction of sp³-hybridized carbons (Fsp3) is 0.385. The minimum atomic E-state index is -0.631.